The smallest absolute Gasteiger partial charge is 0.261 e. The lowest BCUT2D eigenvalue weighted by molar-refractivity contribution is 0.239. The summed E-state index contributed by atoms with van der Waals surface area (Å²) in [6, 6.07) is 19.5. The van der Waals surface area contributed by atoms with Gasteiger partial charge in [-0.1, -0.05) is 42.5 Å². The van der Waals surface area contributed by atoms with Gasteiger partial charge in [-0.15, -0.1) is 0 Å². The highest BCUT2D eigenvalue weighted by Crippen LogP contribution is 2.15. The molecule has 1 saturated heterocycles. The quantitative estimate of drug-likeness (QED) is 0.502. The number of nitrogens with zero attached hydrogens (tertiary/aromatic N) is 6. The van der Waals surface area contributed by atoms with Gasteiger partial charge in [-0.25, -0.2) is 15.0 Å². The van der Waals surface area contributed by atoms with Crippen LogP contribution in [0.25, 0.3) is 10.9 Å². The minimum atomic E-state index is 0.0146. The van der Waals surface area contributed by atoms with Gasteiger partial charge in [-0.05, 0) is 23.8 Å². The van der Waals surface area contributed by atoms with E-state index in [1.807, 2.05) is 65.2 Å². The Hall–Kier alpha value is -3.58. The molecule has 0 N–H and O–H groups in total. The van der Waals surface area contributed by atoms with Crippen molar-refractivity contribution in [2.75, 3.05) is 31.1 Å². The molecule has 1 aliphatic heterocycles. The van der Waals surface area contributed by atoms with Gasteiger partial charge in [-0.2, -0.15) is 0 Å². The Kier molecular flexibility index (Phi) is 5.41. The first kappa shape index (κ1) is 19.4. The topological polar surface area (TPSA) is 67.2 Å². The molecule has 0 radical (unpaired) electrons. The molecular weight excluding hydrogens is 388 g/mol. The summed E-state index contributed by atoms with van der Waals surface area (Å²) < 4.78 is 1.82. The predicted molar refractivity (Wildman–Crippen MR) is 121 cm³/mol. The number of aromatic nitrogens is 4. The van der Waals surface area contributed by atoms with Crippen molar-refractivity contribution in [3.63, 3.8) is 0 Å². The molecule has 7 nitrogen and oxygen atoms in total. The third kappa shape index (κ3) is 4.18. The molecule has 3 heterocycles. The third-order valence-corrected chi connectivity index (χ3v) is 5.70. The summed E-state index contributed by atoms with van der Waals surface area (Å²) >= 11 is 0. The van der Waals surface area contributed by atoms with Gasteiger partial charge < -0.3 is 4.90 Å². The largest absolute Gasteiger partial charge is 0.338 e. The number of anilines is 1. The van der Waals surface area contributed by atoms with E-state index in [4.69, 9.17) is 4.98 Å². The van der Waals surface area contributed by atoms with E-state index < -0.39 is 0 Å². The SMILES string of the molecule is O=c1c2ccccc2nc(CN2CCN(c3ncccn3)CC2)n1Cc1ccccc1. The summed E-state index contributed by atoms with van der Waals surface area (Å²) in [5, 5.41) is 0.660. The van der Waals surface area contributed by atoms with Crippen LogP contribution in [0.3, 0.4) is 0 Å². The van der Waals surface area contributed by atoms with Crippen molar-refractivity contribution in [1.29, 1.82) is 0 Å². The lowest BCUT2D eigenvalue weighted by Gasteiger charge is -2.34. The average molecular weight is 412 g/mol. The zero-order valence-electron chi connectivity index (χ0n) is 17.3. The number of fused-ring (bicyclic) bond motifs is 1. The minimum Gasteiger partial charge on any atom is -0.338 e. The fourth-order valence-electron chi connectivity index (χ4n) is 4.02. The Morgan fingerprint density at radius 3 is 2.26 bits per heavy atom. The van der Waals surface area contributed by atoms with Crippen molar-refractivity contribution < 1.29 is 0 Å². The predicted octanol–water partition coefficient (Wildman–Crippen LogP) is 2.56. The summed E-state index contributed by atoms with van der Waals surface area (Å²) in [4.78, 5) is 31.5. The van der Waals surface area contributed by atoms with E-state index in [1.54, 1.807) is 12.4 Å². The molecule has 5 rings (SSSR count). The number of benzene rings is 2. The molecule has 156 valence electrons. The van der Waals surface area contributed by atoms with Crippen LogP contribution in [0, 0.1) is 0 Å². The molecule has 0 spiro atoms. The number of piperazine rings is 1. The Bertz CT molecular complexity index is 1220. The van der Waals surface area contributed by atoms with Gasteiger partial charge >= 0.3 is 0 Å². The van der Waals surface area contributed by atoms with E-state index >= 15 is 0 Å². The summed E-state index contributed by atoms with van der Waals surface area (Å²) in [5.41, 5.74) is 1.86. The number of hydrogen-bond donors (Lipinski definition) is 0. The average Bonchev–Trinajstić information content (AvgIpc) is 2.83. The maximum atomic E-state index is 13.3. The van der Waals surface area contributed by atoms with E-state index in [9.17, 15) is 4.79 Å². The molecule has 31 heavy (non-hydrogen) atoms. The minimum absolute atomic E-state index is 0.0146. The first-order chi connectivity index (χ1) is 15.3. The highest BCUT2D eigenvalue weighted by molar-refractivity contribution is 5.77. The van der Waals surface area contributed by atoms with E-state index in [0.717, 1.165) is 49.0 Å². The highest BCUT2D eigenvalue weighted by Gasteiger charge is 2.21. The molecule has 2 aromatic heterocycles. The number of hydrogen-bond acceptors (Lipinski definition) is 6. The molecule has 1 aliphatic rings. The second kappa shape index (κ2) is 8.65. The van der Waals surface area contributed by atoms with Gasteiger partial charge in [0.05, 0.1) is 24.0 Å². The normalized spacial score (nSPS) is 14.8. The Balaban J connectivity index is 1.41. The molecule has 0 amide bonds. The van der Waals surface area contributed by atoms with Crippen LogP contribution in [0.15, 0.2) is 77.9 Å². The second-order valence-corrected chi connectivity index (χ2v) is 7.73. The van der Waals surface area contributed by atoms with Crippen molar-refractivity contribution >= 4 is 16.9 Å². The van der Waals surface area contributed by atoms with E-state index in [-0.39, 0.29) is 5.56 Å². The molecule has 1 fully saturated rings. The molecule has 4 aromatic rings. The molecule has 0 aliphatic carbocycles. The zero-order valence-corrected chi connectivity index (χ0v) is 17.3. The van der Waals surface area contributed by atoms with Crippen LogP contribution >= 0.6 is 0 Å². The van der Waals surface area contributed by atoms with Gasteiger partial charge in [0, 0.05) is 38.6 Å². The van der Waals surface area contributed by atoms with E-state index in [0.29, 0.717) is 18.5 Å². The van der Waals surface area contributed by atoms with Gasteiger partial charge in [0.1, 0.15) is 5.82 Å². The monoisotopic (exact) mass is 412 g/mol. The van der Waals surface area contributed by atoms with E-state index in [1.165, 1.54) is 0 Å². The van der Waals surface area contributed by atoms with Gasteiger partial charge in [0.15, 0.2) is 0 Å². The third-order valence-electron chi connectivity index (χ3n) is 5.70. The molecule has 0 unspecified atom stereocenters. The van der Waals surface area contributed by atoms with Crippen LogP contribution in [-0.2, 0) is 13.1 Å². The van der Waals surface area contributed by atoms with Crippen LogP contribution in [0.1, 0.15) is 11.4 Å². The highest BCUT2D eigenvalue weighted by atomic mass is 16.1. The zero-order chi connectivity index (χ0) is 21.0. The van der Waals surface area contributed by atoms with E-state index in [2.05, 4.69) is 19.8 Å². The Labute approximate surface area is 180 Å². The van der Waals surface area contributed by atoms with Crippen LogP contribution < -0.4 is 10.5 Å². The fraction of sp³-hybridized carbons (Fsp3) is 0.250. The lowest BCUT2D eigenvalue weighted by atomic mass is 10.2. The van der Waals surface area contributed by atoms with Crippen LogP contribution in [0.4, 0.5) is 5.95 Å². The molecule has 7 heteroatoms. The number of para-hydroxylation sites is 1. The van der Waals surface area contributed by atoms with Crippen LogP contribution in [-0.4, -0.2) is 50.6 Å². The first-order valence-electron chi connectivity index (χ1n) is 10.5. The van der Waals surface area contributed by atoms with Crippen molar-refractivity contribution in [3.05, 3.63) is 94.8 Å². The maximum absolute atomic E-state index is 13.3. The molecule has 2 aromatic carbocycles. The summed E-state index contributed by atoms with van der Waals surface area (Å²) in [5.74, 6) is 1.57. The standard InChI is InChI=1S/C24H24N6O/c31-23-20-9-4-5-10-21(20)27-22(30(23)17-19-7-2-1-3-8-19)18-28-13-15-29(16-14-28)24-25-11-6-12-26-24/h1-12H,13-18H2. The number of rotatable bonds is 5. The molecule has 0 saturated carbocycles. The van der Waals surface area contributed by atoms with Crippen LogP contribution in [0.2, 0.25) is 0 Å². The molecular formula is C24H24N6O. The Morgan fingerprint density at radius 1 is 0.774 bits per heavy atom. The molecule has 0 atom stereocenters. The van der Waals surface area contributed by atoms with Crippen molar-refractivity contribution in [2.45, 2.75) is 13.1 Å². The van der Waals surface area contributed by atoms with Gasteiger partial charge in [0.25, 0.3) is 5.56 Å². The lowest BCUT2D eigenvalue weighted by Crippen LogP contribution is -2.47. The fourth-order valence-corrected chi connectivity index (χ4v) is 4.02. The summed E-state index contributed by atoms with van der Waals surface area (Å²) in [6.07, 6.45) is 3.55. The molecule has 0 bridgehead atoms. The van der Waals surface area contributed by atoms with Crippen LogP contribution in [0.5, 0.6) is 0 Å². The Morgan fingerprint density at radius 2 is 1.48 bits per heavy atom. The van der Waals surface area contributed by atoms with Crippen molar-refractivity contribution in [2.24, 2.45) is 0 Å². The van der Waals surface area contributed by atoms with Gasteiger partial charge in [-0.3, -0.25) is 14.3 Å². The first-order valence-corrected chi connectivity index (χ1v) is 10.5. The summed E-state index contributed by atoms with van der Waals surface area (Å²) in [6.45, 7) is 4.58. The van der Waals surface area contributed by atoms with Crippen molar-refractivity contribution in [3.8, 4) is 0 Å². The van der Waals surface area contributed by atoms with Crippen molar-refractivity contribution in [1.82, 2.24) is 24.4 Å². The summed E-state index contributed by atoms with van der Waals surface area (Å²) in [7, 11) is 0. The second-order valence-electron chi connectivity index (χ2n) is 7.73. The van der Waals surface area contributed by atoms with Gasteiger partial charge in [0.2, 0.25) is 5.95 Å². The maximum Gasteiger partial charge on any atom is 0.261 e.